The first-order valence-corrected chi connectivity index (χ1v) is 11.7. The lowest BCUT2D eigenvalue weighted by Gasteiger charge is -2.08. The van der Waals surface area contributed by atoms with Crippen molar-refractivity contribution in [2.75, 3.05) is 17.7 Å². The summed E-state index contributed by atoms with van der Waals surface area (Å²) in [5, 5.41) is 6.78. The zero-order chi connectivity index (χ0) is 23.5. The monoisotopic (exact) mass is 461 g/mol. The molecule has 170 valence electrons. The maximum Gasteiger partial charge on any atom is 0.262 e. The van der Waals surface area contributed by atoms with Crippen LogP contribution in [-0.2, 0) is 15.3 Å². The van der Waals surface area contributed by atoms with Crippen molar-refractivity contribution in [3.8, 4) is 5.75 Å². The fraction of sp³-hybridized carbons (Fsp3) is 0.192. The maximum atomic E-state index is 12.0. The van der Waals surface area contributed by atoms with Crippen LogP contribution in [0.25, 0.3) is 0 Å². The lowest BCUT2D eigenvalue weighted by Crippen LogP contribution is -2.20. The summed E-state index contributed by atoms with van der Waals surface area (Å²) >= 11 is 1.54. The van der Waals surface area contributed by atoms with Crippen molar-refractivity contribution in [3.63, 3.8) is 0 Å². The van der Waals surface area contributed by atoms with E-state index < -0.39 is 0 Å². The van der Waals surface area contributed by atoms with Crippen LogP contribution in [0.15, 0.2) is 77.9 Å². The molecule has 33 heavy (non-hydrogen) atoms. The van der Waals surface area contributed by atoms with E-state index in [-0.39, 0.29) is 18.4 Å². The molecular formula is C26H27N3O3S. The van der Waals surface area contributed by atoms with E-state index in [0.29, 0.717) is 11.5 Å². The molecule has 3 rings (SSSR count). The van der Waals surface area contributed by atoms with E-state index in [1.54, 1.807) is 42.2 Å². The third-order valence-electron chi connectivity index (χ3n) is 4.61. The SMILES string of the molecule is Cc1ccc(CSCC(=O)N/N=C\c2ccc(OCC(=O)Nc3ccc(C)cc3)cc2)cc1. The van der Waals surface area contributed by atoms with Crippen LogP contribution in [0.4, 0.5) is 5.69 Å². The van der Waals surface area contributed by atoms with Crippen LogP contribution < -0.4 is 15.5 Å². The summed E-state index contributed by atoms with van der Waals surface area (Å²) in [6.07, 6.45) is 1.57. The second-order valence-electron chi connectivity index (χ2n) is 7.54. The van der Waals surface area contributed by atoms with Crippen LogP contribution in [0.2, 0.25) is 0 Å². The molecule has 0 aromatic heterocycles. The van der Waals surface area contributed by atoms with Crippen molar-refractivity contribution in [1.29, 1.82) is 0 Å². The van der Waals surface area contributed by atoms with Gasteiger partial charge >= 0.3 is 0 Å². The molecule has 0 saturated carbocycles. The van der Waals surface area contributed by atoms with Gasteiger partial charge in [0.05, 0.1) is 12.0 Å². The standard InChI is InChI=1S/C26H27N3O3S/c1-19-3-7-22(8-4-19)17-33-18-26(31)29-27-15-21-9-13-24(14-10-21)32-16-25(30)28-23-11-5-20(2)6-12-23/h3-15H,16-18H2,1-2H3,(H,28,30)(H,29,31)/b27-15-. The second kappa shape index (κ2) is 12.5. The van der Waals surface area contributed by atoms with Crippen LogP contribution >= 0.6 is 11.8 Å². The summed E-state index contributed by atoms with van der Waals surface area (Å²) in [5.74, 6) is 1.31. The topological polar surface area (TPSA) is 79.8 Å². The Hall–Kier alpha value is -3.58. The van der Waals surface area contributed by atoms with Crippen molar-refractivity contribution in [1.82, 2.24) is 5.43 Å². The smallest absolute Gasteiger partial charge is 0.262 e. The molecule has 0 spiro atoms. The number of thioether (sulfide) groups is 1. The van der Waals surface area contributed by atoms with Gasteiger partial charge in [-0.1, -0.05) is 47.5 Å². The number of benzene rings is 3. The molecule has 7 heteroatoms. The highest BCUT2D eigenvalue weighted by atomic mass is 32.2. The van der Waals surface area contributed by atoms with E-state index in [1.807, 2.05) is 31.2 Å². The Balaban J connectivity index is 1.35. The number of nitrogens with zero attached hydrogens (tertiary/aromatic N) is 1. The third kappa shape index (κ3) is 8.82. The van der Waals surface area contributed by atoms with E-state index in [1.165, 1.54) is 11.1 Å². The molecule has 3 aromatic carbocycles. The van der Waals surface area contributed by atoms with Crippen molar-refractivity contribution < 1.29 is 14.3 Å². The first-order valence-electron chi connectivity index (χ1n) is 10.5. The number of anilines is 1. The van der Waals surface area contributed by atoms with E-state index in [0.717, 1.165) is 22.6 Å². The van der Waals surface area contributed by atoms with E-state index in [4.69, 9.17) is 4.74 Å². The summed E-state index contributed by atoms with van der Waals surface area (Å²) in [7, 11) is 0. The summed E-state index contributed by atoms with van der Waals surface area (Å²) in [5.41, 5.74) is 7.61. The number of nitrogens with one attached hydrogen (secondary N) is 2. The minimum Gasteiger partial charge on any atom is -0.484 e. The highest BCUT2D eigenvalue weighted by molar-refractivity contribution is 7.99. The van der Waals surface area contributed by atoms with Gasteiger partial charge in [-0.15, -0.1) is 11.8 Å². The zero-order valence-corrected chi connectivity index (χ0v) is 19.5. The Kier molecular flexibility index (Phi) is 9.08. The number of carbonyl (C=O) groups excluding carboxylic acids is 2. The van der Waals surface area contributed by atoms with Gasteiger partial charge in [0.25, 0.3) is 5.91 Å². The number of carbonyl (C=O) groups is 2. The predicted molar refractivity (Wildman–Crippen MR) is 135 cm³/mol. The van der Waals surface area contributed by atoms with Gasteiger partial charge in [0, 0.05) is 11.4 Å². The third-order valence-corrected chi connectivity index (χ3v) is 5.61. The number of amides is 2. The fourth-order valence-corrected chi connectivity index (χ4v) is 3.57. The highest BCUT2D eigenvalue weighted by Gasteiger charge is 2.04. The van der Waals surface area contributed by atoms with Crippen LogP contribution in [-0.4, -0.2) is 30.4 Å². The molecule has 2 N–H and O–H groups in total. The number of ether oxygens (including phenoxy) is 1. The van der Waals surface area contributed by atoms with Gasteiger partial charge in [-0.05, 0) is 61.4 Å². The van der Waals surface area contributed by atoms with Crippen molar-refractivity contribution in [3.05, 3.63) is 95.1 Å². The Morgan fingerprint density at radius 1 is 0.879 bits per heavy atom. The van der Waals surface area contributed by atoms with Crippen LogP contribution in [0.1, 0.15) is 22.3 Å². The van der Waals surface area contributed by atoms with Crippen LogP contribution in [0.3, 0.4) is 0 Å². The molecule has 0 saturated heterocycles. The summed E-state index contributed by atoms with van der Waals surface area (Å²) in [4.78, 5) is 23.9. The predicted octanol–water partition coefficient (Wildman–Crippen LogP) is 4.70. The molecule has 0 fully saturated rings. The van der Waals surface area contributed by atoms with Gasteiger partial charge in [-0.2, -0.15) is 5.10 Å². The minimum atomic E-state index is -0.229. The number of hydrogen-bond acceptors (Lipinski definition) is 5. The molecule has 0 unspecified atom stereocenters. The molecule has 3 aromatic rings. The van der Waals surface area contributed by atoms with E-state index in [9.17, 15) is 9.59 Å². The Morgan fingerprint density at radius 3 is 2.18 bits per heavy atom. The second-order valence-corrected chi connectivity index (χ2v) is 8.53. The molecule has 0 aliphatic heterocycles. The number of hydrogen-bond donors (Lipinski definition) is 2. The van der Waals surface area contributed by atoms with Gasteiger partial charge < -0.3 is 10.1 Å². The average Bonchev–Trinajstić information content (AvgIpc) is 2.81. The molecule has 0 atom stereocenters. The normalized spacial score (nSPS) is 10.7. The number of hydrazone groups is 1. The first-order chi connectivity index (χ1) is 16.0. The molecule has 0 heterocycles. The lowest BCUT2D eigenvalue weighted by atomic mass is 10.2. The fourth-order valence-electron chi connectivity index (χ4n) is 2.79. The Morgan fingerprint density at radius 2 is 1.52 bits per heavy atom. The summed E-state index contributed by atoms with van der Waals surface area (Å²) in [6.45, 7) is 3.96. The van der Waals surface area contributed by atoms with Crippen molar-refractivity contribution in [2.45, 2.75) is 19.6 Å². The van der Waals surface area contributed by atoms with Crippen molar-refractivity contribution in [2.24, 2.45) is 5.10 Å². The average molecular weight is 462 g/mol. The highest BCUT2D eigenvalue weighted by Crippen LogP contribution is 2.13. The summed E-state index contributed by atoms with van der Waals surface area (Å²) < 4.78 is 5.52. The maximum absolute atomic E-state index is 12.0. The van der Waals surface area contributed by atoms with Gasteiger partial charge in [-0.25, -0.2) is 5.43 Å². The molecule has 0 aliphatic rings. The molecule has 6 nitrogen and oxygen atoms in total. The van der Waals surface area contributed by atoms with Gasteiger partial charge in [0.1, 0.15) is 5.75 Å². The Labute approximate surface area is 198 Å². The minimum absolute atomic E-state index is 0.0857. The number of aryl methyl sites for hydroxylation is 2. The van der Waals surface area contributed by atoms with E-state index >= 15 is 0 Å². The first kappa shape index (κ1) is 24.1. The van der Waals surface area contributed by atoms with Crippen LogP contribution in [0, 0.1) is 13.8 Å². The molecule has 0 bridgehead atoms. The van der Waals surface area contributed by atoms with Gasteiger partial charge in [0.2, 0.25) is 5.91 Å². The molecule has 2 amide bonds. The number of rotatable bonds is 10. The summed E-state index contributed by atoms with van der Waals surface area (Å²) in [6, 6.07) is 22.9. The van der Waals surface area contributed by atoms with Gasteiger partial charge in [0.15, 0.2) is 6.61 Å². The molecule has 0 aliphatic carbocycles. The lowest BCUT2D eigenvalue weighted by molar-refractivity contribution is -0.119. The van der Waals surface area contributed by atoms with Crippen LogP contribution in [0.5, 0.6) is 5.75 Å². The van der Waals surface area contributed by atoms with Gasteiger partial charge in [-0.3, -0.25) is 9.59 Å². The quantitative estimate of drug-likeness (QED) is 0.339. The molecular weight excluding hydrogens is 434 g/mol. The Bertz CT molecular complexity index is 1080. The van der Waals surface area contributed by atoms with Crippen molar-refractivity contribution >= 4 is 35.5 Å². The largest absolute Gasteiger partial charge is 0.484 e. The zero-order valence-electron chi connectivity index (χ0n) is 18.7. The van der Waals surface area contributed by atoms with E-state index in [2.05, 4.69) is 47.0 Å². The molecule has 0 radical (unpaired) electrons.